The highest BCUT2D eigenvalue weighted by molar-refractivity contribution is 5.60. The Morgan fingerprint density at radius 2 is 1.59 bits per heavy atom. The number of hydrogen-bond donors (Lipinski definition) is 1. The summed E-state index contributed by atoms with van der Waals surface area (Å²) in [5.41, 5.74) is 7.83. The van der Waals surface area contributed by atoms with Crippen LogP contribution >= 0.6 is 0 Å². The molecule has 3 nitrogen and oxygen atoms in total. The summed E-state index contributed by atoms with van der Waals surface area (Å²) in [6.07, 6.45) is 4.38. The first-order chi connectivity index (χ1) is 8.04. The number of nitrogens with two attached hydrogens (primary N) is 1. The van der Waals surface area contributed by atoms with Crippen LogP contribution in [-0.2, 0) is 6.42 Å². The van der Waals surface area contributed by atoms with Crippen LogP contribution in [-0.4, -0.2) is 15.5 Å². The van der Waals surface area contributed by atoms with Gasteiger partial charge in [0.15, 0.2) is 0 Å². The molecule has 0 aliphatic carbocycles. The van der Waals surface area contributed by atoms with E-state index in [1.54, 1.807) is 0 Å². The summed E-state index contributed by atoms with van der Waals surface area (Å²) in [5, 5.41) is 0. The predicted molar refractivity (Wildman–Crippen MR) is 69.4 cm³/mol. The van der Waals surface area contributed by atoms with Crippen molar-refractivity contribution in [2.75, 3.05) is 0 Å². The molecule has 1 heterocycles. The molecule has 0 spiro atoms. The van der Waals surface area contributed by atoms with Crippen LogP contribution in [0.5, 0.6) is 0 Å². The molecular formula is C14H17N3. The molecule has 0 unspecified atom stereocenters. The minimum Gasteiger partial charge on any atom is -0.325 e. The molecule has 0 atom stereocenters. The van der Waals surface area contributed by atoms with E-state index in [9.17, 15) is 0 Å². The summed E-state index contributed by atoms with van der Waals surface area (Å²) in [6, 6.07) is 10.1. The molecular weight excluding hydrogens is 210 g/mol. The van der Waals surface area contributed by atoms with Crippen molar-refractivity contribution in [1.29, 1.82) is 0 Å². The van der Waals surface area contributed by atoms with Gasteiger partial charge in [0, 0.05) is 29.9 Å². The van der Waals surface area contributed by atoms with E-state index in [-0.39, 0.29) is 5.54 Å². The largest absolute Gasteiger partial charge is 0.325 e. The van der Waals surface area contributed by atoms with E-state index in [0.29, 0.717) is 6.42 Å². The normalized spacial score (nSPS) is 11.5. The highest BCUT2D eigenvalue weighted by Crippen LogP contribution is 2.17. The van der Waals surface area contributed by atoms with E-state index >= 15 is 0 Å². The zero-order valence-electron chi connectivity index (χ0n) is 10.2. The van der Waals surface area contributed by atoms with Gasteiger partial charge in [-0.2, -0.15) is 0 Å². The van der Waals surface area contributed by atoms with Gasteiger partial charge < -0.3 is 5.73 Å². The lowest BCUT2D eigenvalue weighted by molar-refractivity contribution is 0.502. The van der Waals surface area contributed by atoms with Gasteiger partial charge in [-0.1, -0.05) is 30.3 Å². The Kier molecular flexibility index (Phi) is 3.20. The molecule has 1 aromatic carbocycles. The van der Waals surface area contributed by atoms with Gasteiger partial charge in [0.05, 0.1) is 0 Å². The molecule has 0 amide bonds. The third-order valence-electron chi connectivity index (χ3n) is 2.43. The average Bonchev–Trinajstić information content (AvgIpc) is 2.29. The first-order valence-electron chi connectivity index (χ1n) is 5.70. The Hall–Kier alpha value is -1.74. The molecule has 0 aliphatic heterocycles. The molecule has 88 valence electrons. The van der Waals surface area contributed by atoms with E-state index in [1.807, 2.05) is 56.6 Å². The van der Waals surface area contributed by atoms with Crippen LogP contribution < -0.4 is 5.73 Å². The average molecular weight is 227 g/mol. The molecule has 0 saturated carbocycles. The first kappa shape index (κ1) is 11.7. The summed E-state index contributed by atoms with van der Waals surface area (Å²) in [5.74, 6) is 0.789. The Labute approximate surface area is 102 Å². The van der Waals surface area contributed by atoms with Crippen LogP contribution in [0.3, 0.4) is 0 Å². The second-order valence-electron chi connectivity index (χ2n) is 4.92. The van der Waals surface area contributed by atoms with Crippen LogP contribution in [0.2, 0.25) is 0 Å². The van der Waals surface area contributed by atoms with Crippen molar-refractivity contribution >= 4 is 0 Å². The van der Waals surface area contributed by atoms with Crippen LogP contribution in [0.1, 0.15) is 19.7 Å². The molecule has 1 aromatic heterocycles. The van der Waals surface area contributed by atoms with E-state index in [0.717, 1.165) is 17.0 Å². The van der Waals surface area contributed by atoms with Crippen LogP contribution in [0.4, 0.5) is 0 Å². The maximum Gasteiger partial charge on any atom is 0.130 e. The van der Waals surface area contributed by atoms with Crippen molar-refractivity contribution in [1.82, 2.24) is 9.97 Å². The smallest absolute Gasteiger partial charge is 0.130 e. The van der Waals surface area contributed by atoms with Crippen LogP contribution in [0.15, 0.2) is 42.7 Å². The van der Waals surface area contributed by atoms with Crippen LogP contribution in [0, 0.1) is 0 Å². The zero-order valence-corrected chi connectivity index (χ0v) is 10.2. The number of rotatable bonds is 3. The minimum absolute atomic E-state index is 0.270. The lowest BCUT2D eigenvalue weighted by Crippen LogP contribution is -2.35. The minimum atomic E-state index is -0.270. The molecule has 0 bridgehead atoms. The van der Waals surface area contributed by atoms with Gasteiger partial charge in [-0.3, -0.25) is 0 Å². The summed E-state index contributed by atoms with van der Waals surface area (Å²) in [6.45, 7) is 3.95. The molecule has 0 fully saturated rings. The molecule has 2 rings (SSSR count). The highest BCUT2D eigenvalue weighted by atomic mass is 14.9. The molecule has 0 radical (unpaired) electrons. The summed E-state index contributed by atoms with van der Waals surface area (Å²) in [4.78, 5) is 8.70. The summed E-state index contributed by atoms with van der Waals surface area (Å²) in [7, 11) is 0. The maximum absolute atomic E-state index is 5.94. The number of aromatic nitrogens is 2. The second-order valence-corrected chi connectivity index (χ2v) is 4.92. The predicted octanol–water partition coefficient (Wildman–Crippen LogP) is 2.42. The van der Waals surface area contributed by atoms with E-state index in [2.05, 4.69) is 9.97 Å². The van der Waals surface area contributed by atoms with Gasteiger partial charge in [0.2, 0.25) is 0 Å². The van der Waals surface area contributed by atoms with Crippen LogP contribution in [0.25, 0.3) is 11.1 Å². The van der Waals surface area contributed by atoms with Crippen molar-refractivity contribution in [2.45, 2.75) is 25.8 Å². The topological polar surface area (TPSA) is 51.8 Å². The van der Waals surface area contributed by atoms with Gasteiger partial charge in [-0.15, -0.1) is 0 Å². The lowest BCUT2D eigenvalue weighted by Gasteiger charge is -2.16. The third-order valence-corrected chi connectivity index (χ3v) is 2.43. The number of benzene rings is 1. The zero-order chi connectivity index (χ0) is 12.3. The fourth-order valence-corrected chi connectivity index (χ4v) is 1.63. The third kappa shape index (κ3) is 3.36. The SMILES string of the molecule is CC(C)(N)Cc1ncc(-c2ccccc2)cn1. The Morgan fingerprint density at radius 3 is 2.12 bits per heavy atom. The van der Waals surface area contributed by atoms with Gasteiger partial charge in [-0.25, -0.2) is 9.97 Å². The number of nitrogens with zero attached hydrogens (tertiary/aromatic N) is 2. The van der Waals surface area contributed by atoms with Crippen molar-refractivity contribution in [3.05, 3.63) is 48.5 Å². The standard InChI is InChI=1S/C14H17N3/c1-14(2,15)8-13-16-9-12(10-17-13)11-6-4-3-5-7-11/h3-7,9-10H,8,15H2,1-2H3. The van der Waals surface area contributed by atoms with E-state index in [4.69, 9.17) is 5.73 Å². The van der Waals surface area contributed by atoms with E-state index < -0.39 is 0 Å². The quantitative estimate of drug-likeness (QED) is 0.876. The Balaban J connectivity index is 2.19. The van der Waals surface area contributed by atoms with Gasteiger partial charge in [-0.05, 0) is 19.4 Å². The summed E-state index contributed by atoms with van der Waals surface area (Å²) < 4.78 is 0. The van der Waals surface area contributed by atoms with Gasteiger partial charge >= 0.3 is 0 Å². The van der Waals surface area contributed by atoms with Crippen molar-refractivity contribution in [2.24, 2.45) is 5.73 Å². The van der Waals surface area contributed by atoms with Crippen molar-refractivity contribution < 1.29 is 0 Å². The first-order valence-corrected chi connectivity index (χ1v) is 5.70. The van der Waals surface area contributed by atoms with E-state index in [1.165, 1.54) is 0 Å². The number of hydrogen-bond acceptors (Lipinski definition) is 3. The van der Waals surface area contributed by atoms with Gasteiger partial charge in [0.1, 0.15) is 5.82 Å². The second kappa shape index (κ2) is 4.63. The highest BCUT2D eigenvalue weighted by Gasteiger charge is 2.13. The fourth-order valence-electron chi connectivity index (χ4n) is 1.63. The van der Waals surface area contributed by atoms with Gasteiger partial charge in [0.25, 0.3) is 0 Å². The molecule has 2 aromatic rings. The molecule has 0 saturated heterocycles. The van der Waals surface area contributed by atoms with Crippen molar-refractivity contribution in [3.8, 4) is 11.1 Å². The summed E-state index contributed by atoms with van der Waals surface area (Å²) >= 11 is 0. The van der Waals surface area contributed by atoms with Crippen molar-refractivity contribution in [3.63, 3.8) is 0 Å². The Morgan fingerprint density at radius 1 is 1.00 bits per heavy atom. The monoisotopic (exact) mass is 227 g/mol. The molecule has 2 N–H and O–H groups in total. The molecule has 3 heteroatoms. The Bertz CT molecular complexity index is 469. The fraction of sp³-hybridized carbons (Fsp3) is 0.286. The maximum atomic E-state index is 5.94. The molecule has 0 aliphatic rings. The lowest BCUT2D eigenvalue weighted by atomic mass is 10.0. The molecule has 17 heavy (non-hydrogen) atoms.